The van der Waals surface area contributed by atoms with Gasteiger partial charge in [-0.1, -0.05) is 66.2 Å². The number of oxazole rings is 1. The van der Waals surface area contributed by atoms with Crippen molar-refractivity contribution < 1.29 is 4.42 Å². The van der Waals surface area contributed by atoms with E-state index in [1.807, 2.05) is 66.9 Å². The van der Waals surface area contributed by atoms with Gasteiger partial charge in [-0.15, -0.1) is 0 Å². The normalized spacial score (nSPS) is 11.2. The first kappa shape index (κ1) is 17.9. The van der Waals surface area contributed by atoms with Gasteiger partial charge in [0.1, 0.15) is 5.69 Å². The smallest absolute Gasteiger partial charge is 0.227 e. The van der Waals surface area contributed by atoms with Crippen LogP contribution in [0.15, 0.2) is 82.2 Å². The maximum absolute atomic E-state index is 6.15. The molecule has 1 aromatic heterocycles. The van der Waals surface area contributed by atoms with Crippen molar-refractivity contribution in [1.29, 1.82) is 0 Å². The minimum absolute atomic E-state index is 0.596. The van der Waals surface area contributed by atoms with Gasteiger partial charge in [-0.2, -0.15) is 0 Å². The molecule has 0 atom stereocenters. The van der Waals surface area contributed by atoms with Gasteiger partial charge in [0, 0.05) is 11.1 Å². The van der Waals surface area contributed by atoms with Crippen molar-refractivity contribution in [3.05, 3.63) is 95.2 Å². The molecule has 0 fully saturated rings. The van der Waals surface area contributed by atoms with Crippen LogP contribution in [0.1, 0.15) is 22.4 Å². The SMILES string of the molecule is Cc1cc(C)c(/N=C/c2nc(-c3ccccc3)oc2-c2ccccc2)c(C)c1. The summed E-state index contributed by atoms with van der Waals surface area (Å²) >= 11 is 0. The maximum Gasteiger partial charge on any atom is 0.227 e. The Balaban J connectivity index is 1.81. The first-order chi connectivity index (χ1) is 13.6. The van der Waals surface area contributed by atoms with Gasteiger partial charge in [-0.3, -0.25) is 4.99 Å². The number of nitrogens with zero attached hydrogens (tertiary/aromatic N) is 2. The lowest BCUT2D eigenvalue weighted by Gasteiger charge is -2.06. The van der Waals surface area contributed by atoms with E-state index in [4.69, 9.17) is 14.4 Å². The van der Waals surface area contributed by atoms with Gasteiger partial charge in [-0.05, 0) is 44.0 Å². The van der Waals surface area contributed by atoms with E-state index in [-0.39, 0.29) is 0 Å². The van der Waals surface area contributed by atoms with Crippen molar-refractivity contribution in [2.24, 2.45) is 4.99 Å². The first-order valence-corrected chi connectivity index (χ1v) is 9.35. The molecule has 0 aliphatic rings. The summed E-state index contributed by atoms with van der Waals surface area (Å²) in [7, 11) is 0. The molecule has 0 amide bonds. The van der Waals surface area contributed by atoms with Crippen LogP contribution in [0.4, 0.5) is 5.69 Å². The number of aromatic nitrogens is 1. The van der Waals surface area contributed by atoms with Crippen LogP contribution in [0.2, 0.25) is 0 Å². The molecule has 0 N–H and O–H groups in total. The molecule has 4 rings (SSSR count). The zero-order chi connectivity index (χ0) is 19.5. The van der Waals surface area contributed by atoms with Crippen LogP contribution < -0.4 is 0 Å². The molecule has 3 aromatic carbocycles. The summed E-state index contributed by atoms with van der Waals surface area (Å²) in [5.41, 5.74) is 7.19. The highest BCUT2D eigenvalue weighted by atomic mass is 16.4. The van der Waals surface area contributed by atoms with Crippen LogP contribution in [-0.4, -0.2) is 11.2 Å². The number of aliphatic imine (C=N–C) groups is 1. The van der Waals surface area contributed by atoms with E-state index in [0.29, 0.717) is 5.89 Å². The summed E-state index contributed by atoms with van der Waals surface area (Å²) < 4.78 is 6.15. The molecular formula is C25H22N2O. The van der Waals surface area contributed by atoms with Crippen LogP contribution in [-0.2, 0) is 0 Å². The Morgan fingerprint density at radius 2 is 1.36 bits per heavy atom. The third kappa shape index (κ3) is 3.65. The maximum atomic E-state index is 6.15. The van der Waals surface area contributed by atoms with E-state index in [1.165, 1.54) is 5.56 Å². The highest BCUT2D eigenvalue weighted by Gasteiger charge is 2.15. The number of benzene rings is 3. The van der Waals surface area contributed by atoms with Crippen molar-refractivity contribution in [1.82, 2.24) is 4.98 Å². The van der Waals surface area contributed by atoms with Crippen LogP contribution in [0, 0.1) is 20.8 Å². The number of aryl methyl sites for hydroxylation is 3. The lowest BCUT2D eigenvalue weighted by Crippen LogP contribution is -1.88. The second-order valence-corrected chi connectivity index (χ2v) is 6.97. The van der Waals surface area contributed by atoms with Crippen molar-refractivity contribution in [3.63, 3.8) is 0 Å². The summed E-state index contributed by atoms with van der Waals surface area (Å²) in [5.74, 6) is 1.32. The minimum atomic E-state index is 0.596. The van der Waals surface area contributed by atoms with Gasteiger partial charge in [0.25, 0.3) is 0 Å². The Kier molecular flexibility index (Phi) is 4.90. The first-order valence-electron chi connectivity index (χ1n) is 9.35. The average Bonchev–Trinajstić information content (AvgIpc) is 3.13. The van der Waals surface area contributed by atoms with Crippen molar-refractivity contribution in [2.45, 2.75) is 20.8 Å². The number of hydrogen-bond acceptors (Lipinski definition) is 3. The van der Waals surface area contributed by atoms with Crippen LogP contribution in [0.3, 0.4) is 0 Å². The second-order valence-electron chi connectivity index (χ2n) is 6.97. The average molecular weight is 366 g/mol. The zero-order valence-corrected chi connectivity index (χ0v) is 16.3. The summed E-state index contributed by atoms with van der Waals surface area (Å²) in [5, 5.41) is 0. The van der Waals surface area contributed by atoms with E-state index in [9.17, 15) is 0 Å². The molecular weight excluding hydrogens is 344 g/mol. The third-order valence-corrected chi connectivity index (χ3v) is 4.66. The topological polar surface area (TPSA) is 38.4 Å². The van der Waals surface area contributed by atoms with Crippen molar-refractivity contribution >= 4 is 11.9 Å². The van der Waals surface area contributed by atoms with Crippen molar-refractivity contribution in [2.75, 3.05) is 0 Å². The van der Waals surface area contributed by atoms with Gasteiger partial charge in [0.05, 0.1) is 11.9 Å². The van der Waals surface area contributed by atoms with Gasteiger partial charge in [0.2, 0.25) is 5.89 Å². The molecule has 1 heterocycles. The standard InChI is InChI=1S/C25H22N2O/c1-17-14-18(2)23(19(3)15-17)26-16-22-24(20-10-6-4-7-11-20)28-25(27-22)21-12-8-5-9-13-21/h4-16H,1-3H3/b26-16+. The summed E-state index contributed by atoms with van der Waals surface area (Å²) in [6, 6.07) is 24.3. The molecule has 0 radical (unpaired) electrons. The Morgan fingerprint density at radius 1 is 0.786 bits per heavy atom. The quantitative estimate of drug-likeness (QED) is 0.378. The lowest BCUT2D eigenvalue weighted by molar-refractivity contribution is 0.588. The highest BCUT2D eigenvalue weighted by Crippen LogP contribution is 2.30. The molecule has 0 saturated heterocycles. The Labute approximate surface area is 165 Å². The molecule has 0 aliphatic heterocycles. The zero-order valence-electron chi connectivity index (χ0n) is 16.3. The number of hydrogen-bond donors (Lipinski definition) is 0. The van der Waals surface area contributed by atoms with Crippen LogP contribution in [0.5, 0.6) is 0 Å². The van der Waals surface area contributed by atoms with Gasteiger partial charge >= 0.3 is 0 Å². The fraction of sp³-hybridized carbons (Fsp3) is 0.120. The predicted molar refractivity (Wildman–Crippen MR) is 115 cm³/mol. The van der Waals surface area contributed by atoms with Gasteiger partial charge < -0.3 is 4.42 Å². The molecule has 3 heteroatoms. The molecule has 0 spiro atoms. The molecule has 28 heavy (non-hydrogen) atoms. The Hall–Kier alpha value is -3.46. The summed E-state index contributed by atoms with van der Waals surface area (Å²) in [6.45, 7) is 6.27. The number of rotatable bonds is 4. The third-order valence-electron chi connectivity index (χ3n) is 4.66. The monoisotopic (exact) mass is 366 g/mol. The van der Waals surface area contributed by atoms with E-state index in [2.05, 4.69) is 32.9 Å². The minimum Gasteiger partial charge on any atom is -0.435 e. The lowest BCUT2D eigenvalue weighted by atomic mass is 10.1. The Morgan fingerprint density at radius 3 is 1.96 bits per heavy atom. The summed E-state index contributed by atoms with van der Waals surface area (Å²) in [6.07, 6.45) is 1.81. The van der Waals surface area contributed by atoms with Gasteiger partial charge in [0.15, 0.2) is 5.76 Å². The fourth-order valence-corrected chi connectivity index (χ4v) is 3.42. The molecule has 0 saturated carbocycles. The fourth-order valence-electron chi connectivity index (χ4n) is 3.42. The highest BCUT2D eigenvalue weighted by molar-refractivity contribution is 5.89. The molecule has 0 bridgehead atoms. The van der Waals surface area contributed by atoms with E-state index >= 15 is 0 Å². The predicted octanol–water partition coefficient (Wildman–Crippen LogP) is 6.68. The molecule has 3 nitrogen and oxygen atoms in total. The largest absolute Gasteiger partial charge is 0.435 e. The second kappa shape index (κ2) is 7.65. The molecule has 0 aliphatic carbocycles. The van der Waals surface area contributed by atoms with Crippen LogP contribution >= 0.6 is 0 Å². The molecule has 0 unspecified atom stereocenters. The van der Waals surface area contributed by atoms with E-state index in [1.54, 1.807) is 0 Å². The Bertz CT molecular complexity index is 1100. The summed E-state index contributed by atoms with van der Waals surface area (Å²) in [4.78, 5) is 9.50. The van der Waals surface area contributed by atoms with Crippen LogP contribution in [0.25, 0.3) is 22.8 Å². The van der Waals surface area contributed by atoms with Gasteiger partial charge in [-0.25, -0.2) is 4.98 Å². The van der Waals surface area contributed by atoms with E-state index in [0.717, 1.165) is 39.4 Å². The van der Waals surface area contributed by atoms with E-state index < -0.39 is 0 Å². The van der Waals surface area contributed by atoms with Crippen molar-refractivity contribution in [3.8, 4) is 22.8 Å². The molecule has 4 aromatic rings. The molecule has 138 valence electrons.